The molecule has 48 heavy (non-hydrogen) atoms. The lowest BCUT2D eigenvalue weighted by atomic mass is 9.95. The van der Waals surface area contributed by atoms with Crippen LogP contribution >= 0.6 is 0 Å². The topological polar surface area (TPSA) is 6.48 Å². The van der Waals surface area contributed by atoms with Crippen LogP contribution in [0, 0.1) is 12.8 Å². The first-order valence-electron chi connectivity index (χ1n) is 17.0. The summed E-state index contributed by atoms with van der Waals surface area (Å²) in [6.07, 6.45) is 11.3. The van der Waals surface area contributed by atoms with Crippen molar-refractivity contribution in [3.8, 4) is 11.1 Å². The number of allylic oxidation sites excluding steroid dienone is 2. The molecule has 1 aliphatic rings. The normalized spacial score (nSPS) is 12.3. The number of hydrogen-bond acceptors (Lipinski definition) is 2. The molecule has 0 atom stereocenters. The molecule has 6 aromatic carbocycles. The minimum atomic E-state index is 0.475. The summed E-state index contributed by atoms with van der Waals surface area (Å²) < 4.78 is 0. The van der Waals surface area contributed by atoms with Gasteiger partial charge in [-0.3, -0.25) is 0 Å². The maximum absolute atomic E-state index is 2.38. The molecule has 0 aromatic heterocycles. The molecule has 0 saturated heterocycles. The average Bonchev–Trinajstić information content (AvgIpc) is 3.13. The van der Waals surface area contributed by atoms with Crippen LogP contribution in [0.1, 0.15) is 42.5 Å². The van der Waals surface area contributed by atoms with Gasteiger partial charge in [-0.1, -0.05) is 123 Å². The van der Waals surface area contributed by atoms with Crippen molar-refractivity contribution < 1.29 is 0 Å². The van der Waals surface area contributed by atoms with Crippen LogP contribution in [-0.2, 0) is 6.42 Å². The van der Waals surface area contributed by atoms with E-state index in [1.54, 1.807) is 0 Å². The highest BCUT2D eigenvalue weighted by atomic mass is 15.1. The van der Waals surface area contributed by atoms with Gasteiger partial charge < -0.3 is 9.80 Å². The lowest BCUT2D eigenvalue weighted by Crippen LogP contribution is -2.12. The molecule has 0 unspecified atom stereocenters. The molecule has 236 valence electrons. The average molecular weight is 623 g/mol. The molecule has 0 heterocycles. The summed E-state index contributed by atoms with van der Waals surface area (Å²) in [6.45, 7) is 6.64. The fourth-order valence-corrected chi connectivity index (χ4v) is 6.63. The van der Waals surface area contributed by atoms with Crippen LogP contribution < -0.4 is 9.80 Å². The predicted octanol–water partition coefficient (Wildman–Crippen LogP) is 13.2. The number of anilines is 6. The maximum Gasteiger partial charge on any atom is 0.0536 e. The van der Waals surface area contributed by atoms with Crippen molar-refractivity contribution in [2.75, 3.05) is 9.80 Å². The summed E-state index contributed by atoms with van der Waals surface area (Å²) in [7, 11) is 0. The Labute approximate surface area is 286 Å². The quantitative estimate of drug-likeness (QED) is 0.158. The third-order valence-corrected chi connectivity index (χ3v) is 9.08. The number of nitrogens with zero attached hydrogens (tertiary/aromatic N) is 2. The van der Waals surface area contributed by atoms with E-state index in [2.05, 4.69) is 200 Å². The van der Waals surface area contributed by atoms with Crippen LogP contribution in [0.4, 0.5) is 34.1 Å². The largest absolute Gasteiger partial charge is 0.310 e. The summed E-state index contributed by atoms with van der Waals surface area (Å²) in [5.74, 6) is 0.475. The Bertz CT molecular complexity index is 2040. The molecule has 1 aliphatic carbocycles. The first-order chi connectivity index (χ1) is 23.6. The lowest BCUT2D eigenvalue weighted by molar-refractivity contribution is 0.836. The van der Waals surface area contributed by atoms with Crippen LogP contribution in [0.3, 0.4) is 0 Å². The van der Waals surface area contributed by atoms with Crippen LogP contribution in [0.25, 0.3) is 23.3 Å². The molecule has 2 heteroatoms. The van der Waals surface area contributed by atoms with Crippen LogP contribution in [0.5, 0.6) is 0 Å². The number of aryl methyl sites for hydroxylation is 2. The second-order valence-electron chi connectivity index (χ2n) is 12.8. The van der Waals surface area contributed by atoms with Crippen molar-refractivity contribution in [3.63, 3.8) is 0 Å². The SMILES string of the molecule is Cc1cccc(N(c2ccccc2)c2ccc(-c3ccc(N(c4ccccc4)c4cccc5c4C=CCC5)cc3)cc2)c1/C=C\C(C)C. The zero-order chi connectivity index (χ0) is 32.9. The molecule has 0 radical (unpaired) electrons. The van der Waals surface area contributed by atoms with Gasteiger partial charge in [-0.15, -0.1) is 0 Å². The smallest absolute Gasteiger partial charge is 0.0536 e. The minimum absolute atomic E-state index is 0.475. The molecule has 0 N–H and O–H groups in total. The van der Waals surface area contributed by atoms with E-state index in [-0.39, 0.29) is 0 Å². The zero-order valence-corrected chi connectivity index (χ0v) is 28.1. The fourth-order valence-electron chi connectivity index (χ4n) is 6.63. The summed E-state index contributed by atoms with van der Waals surface area (Å²) in [5, 5.41) is 0. The van der Waals surface area contributed by atoms with Crippen molar-refractivity contribution in [2.45, 2.75) is 33.6 Å². The second kappa shape index (κ2) is 14.0. The van der Waals surface area contributed by atoms with Gasteiger partial charge in [0.25, 0.3) is 0 Å². The number of fused-ring (bicyclic) bond motifs is 1. The Balaban J connectivity index is 1.24. The molecule has 7 rings (SSSR count). The lowest BCUT2D eigenvalue weighted by Gasteiger charge is -2.29. The molecule has 0 bridgehead atoms. The molecule has 0 fully saturated rings. The molecular weight excluding hydrogens is 581 g/mol. The van der Waals surface area contributed by atoms with E-state index >= 15 is 0 Å². The first-order valence-corrected chi connectivity index (χ1v) is 17.0. The standard InChI is InChI=1S/C46H42N2/c1-34(2)24-33-43-35(3)14-12-22-45(43)47(39-17-6-4-7-18-39)41-29-25-36(26-30-41)37-27-31-42(32-28-37)48(40-19-8-5-9-20-40)46-23-13-16-38-15-10-11-21-44(38)46/h4-9,11-14,16-34H,10,15H2,1-3H3/b33-24-. The van der Waals surface area contributed by atoms with E-state index in [0.717, 1.165) is 35.6 Å². The summed E-state index contributed by atoms with van der Waals surface area (Å²) in [6, 6.07) is 52.6. The van der Waals surface area contributed by atoms with Gasteiger partial charge in [-0.05, 0) is 109 Å². The molecule has 0 aliphatic heterocycles. The van der Waals surface area contributed by atoms with Gasteiger partial charge >= 0.3 is 0 Å². The minimum Gasteiger partial charge on any atom is -0.310 e. The third-order valence-electron chi connectivity index (χ3n) is 9.08. The summed E-state index contributed by atoms with van der Waals surface area (Å²) >= 11 is 0. The molecule has 6 aromatic rings. The number of hydrogen-bond donors (Lipinski definition) is 0. The summed E-state index contributed by atoms with van der Waals surface area (Å²) in [4.78, 5) is 4.75. The highest BCUT2D eigenvalue weighted by molar-refractivity contribution is 5.86. The Morgan fingerprint density at radius 3 is 1.65 bits per heavy atom. The van der Waals surface area contributed by atoms with Crippen molar-refractivity contribution in [1.82, 2.24) is 0 Å². The van der Waals surface area contributed by atoms with E-state index in [1.165, 1.54) is 44.8 Å². The maximum atomic E-state index is 2.38. The van der Waals surface area contributed by atoms with Crippen LogP contribution in [0.2, 0.25) is 0 Å². The fraction of sp³-hybridized carbons (Fsp3) is 0.130. The number of benzene rings is 6. The Kier molecular flexibility index (Phi) is 9.07. The van der Waals surface area contributed by atoms with Gasteiger partial charge in [-0.2, -0.15) is 0 Å². The first kappa shape index (κ1) is 31.0. The van der Waals surface area contributed by atoms with Crippen LogP contribution in [-0.4, -0.2) is 0 Å². The second-order valence-corrected chi connectivity index (χ2v) is 12.8. The molecular formula is C46H42N2. The van der Waals surface area contributed by atoms with Crippen molar-refractivity contribution >= 4 is 46.3 Å². The van der Waals surface area contributed by atoms with Gasteiger partial charge in [0.15, 0.2) is 0 Å². The van der Waals surface area contributed by atoms with Gasteiger partial charge in [-0.25, -0.2) is 0 Å². The Morgan fingerprint density at radius 1 is 0.542 bits per heavy atom. The highest BCUT2D eigenvalue weighted by Gasteiger charge is 2.19. The monoisotopic (exact) mass is 622 g/mol. The molecule has 0 saturated carbocycles. The van der Waals surface area contributed by atoms with E-state index in [4.69, 9.17) is 0 Å². The van der Waals surface area contributed by atoms with E-state index in [0.29, 0.717) is 5.92 Å². The van der Waals surface area contributed by atoms with Crippen molar-refractivity contribution in [3.05, 3.63) is 180 Å². The van der Waals surface area contributed by atoms with Gasteiger partial charge in [0, 0.05) is 33.9 Å². The predicted molar refractivity (Wildman–Crippen MR) is 207 cm³/mol. The Hall–Kier alpha value is -5.60. The van der Waals surface area contributed by atoms with Crippen molar-refractivity contribution in [2.24, 2.45) is 5.92 Å². The summed E-state index contributed by atoms with van der Waals surface area (Å²) in [5.41, 5.74) is 14.6. The van der Waals surface area contributed by atoms with E-state index in [1.807, 2.05) is 0 Å². The number of para-hydroxylation sites is 2. The van der Waals surface area contributed by atoms with E-state index < -0.39 is 0 Å². The highest BCUT2D eigenvalue weighted by Crippen LogP contribution is 2.41. The number of rotatable bonds is 9. The van der Waals surface area contributed by atoms with Gasteiger partial charge in [0.2, 0.25) is 0 Å². The molecule has 0 amide bonds. The zero-order valence-electron chi connectivity index (χ0n) is 28.1. The molecule has 2 nitrogen and oxygen atoms in total. The van der Waals surface area contributed by atoms with Crippen LogP contribution in [0.15, 0.2) is 158 Å². The van der Waals surface area contributed by atoms with Crippen molar-refractivity contribution in [1.29, 1.82) is 0 Å². The van der Waals surface area contributed by atoms with Gasteiger partial charge in [0.1, 0.15) is 0 Å². The van der Waals surface area contributed by atoms with E-state index in [9.17, 15) is 0 Å². The Morgan fingerprint density at radius 2 is 1.06 bits per heavy atom. The third kappa shape index (κ3) is 6.48. The molecule has 0 spiro atoms. The van der Waals surface area contributed by atoms with Gasteiger partial charge in [0.05, 0.1) is 11.4 Å².